The third-order valence-electron chi connectivity index (χ3n) is 1.92. The number of carboxylic acids is 1. The standard InChI is InChI=1S/C11H8N2O4S/c14-10(15)4-2-7-1-3-8(18-7)11(16)12-9-5-6-17-13-9/h1-6H,(H,14,15)(H,12,13,16). The van der Waals surface area contributed by atoms with E-state index in [9.17, 15) is 9.59 Å². The third-order valence-corrected chi connectivity index (χ3v) is 2.97. The van der Waals surface area contributed by atoms with Gasteiger partial charge >= 0.3 is 5.97 Å². The lowest BCUT2D eigenvalue weighted by molar-refractivity contribution is -0.131. The third kappa shape index (κ3) is 3.05. The molecule has 7 heteroatoms. The van der Waals surface area contributed by atoms with Crippen molar-refractivity contribution in [1.29, 1.82) is 0 Å². The average molecular weight is 264 g/mol. The van der Waals surface area contributed by atoms with Gasteiger partial charge < -0.3 is 14.9 Å². The lowest BCUT2D eigenvalue weighted by Crippen LogP contribution is -2.09. The number of hydrogen-bond acceptors (Lipinski definition) is 5. The molecule has 2 heterocycles. The van der Waals surface area contributed by atoms with Gasteiger partial charge in [0.05, 0.1) is 4.88 Å². The van der Waals surface area contributed by atoms with Crippen molar-refractivity contribution in [2.45, 2.75) is 0 Å². The minimum Gasteiger partial charge on any atom is -0.478 e. The Morgan fingerprint density at radius 1 is 1.39 bits per heavy atom. The van der Waals surface area contributed by atoms with E-state index in [0.29, 0.717) is 15.6 Å². The van der Waals surface area contributed by atoms with Gasteiger partial charge in [0.25, 0.3) is 5.91 Å². The summed E-state index contributed by atoms with van der Waals surface area (Å²) in [7, 11) is 0. The van der Waals surface area contributed by atoms with Crippen LogP contribution in [-0.2, 0) is 4.79 Å². The summed E-state index contributed by atoms with van der Waals surface area (Å²) in [6.07, 6.45) is 3.80. The van der Waals surface area contributed by atoms with Gasteiger partial charge in [0.1, 0.15) is 6.26 Å². The molecule has 0 saturated heterocycles. The largest absolute Gasteiger partial charge is 0.478 e. The Labute approximate surface area is 106 Å². The van der Waals surface area contributed by atoms with E-state index in [0.717, 1.165) is 6.08 Å². The van der Waals surface area contributed by atoms with Crippen molar-refractivity contribution < 1.29 is 19.2 Å². The van der Waals surface area contributed by atoms with Crippen LogP contribution in [0.2, 0.25) is 0 Å². The molecule has 2 aromatic rings. The van der Waals surface area contributed by atoms with Gasteiger partial charge in [-0.05, 0) is 18.2 Å². The molecule has 0 aromatic carbocycles. The SMILES string of the molecule is O=C(O)C=Cc1ccc(C(=O)Nc2ccon2)s1. The maximum atomic E-state index is 11.7. The van der Waals surface area contributed by atoms with E-state index in [2.05, 4.69) is 15.0 Å². The van der Waals surface area contributed by atoms with Crippen LogP contribution in [-0.4, -0.2) is 22.1 Å². The quantitative estimate of drug-likeness (QED) is 0.825. The van der Waals surface area contributed by atoms with Crippen LogP contribution in [0.1, 0.15) is 14.5 Å². The van der Waals surface area contributed by atoms with E-state index in [1.807, 2.05) is 0 Å². The van der Waals surface area contributed by atoms with Crippen LogP contribution in [0.4, 0.5) is 5.82 Å². The maximum absolute atomic E-state index is 11.7. The molecule has 18 heavy (non-hydrogen) atoms. The highest BCUT2D eigenvalue weighted by Gasteiger charge is 2.10. The number of rotatable bonds is 4. The molecule has 92 valence electrons. The monoisotopic (exact) mass is 264 g/mol. The molecule has 0 unspecified atom stereocenters. The number of thiophene rings is 1. The fourth-order valence-electron chi connectivity index (χ4n) is 1.17. The summed E-state index contributed by atoms with van der Waals surface area (Å²) in [5.41, 5.74) is 0. The van der Waals surface area contributed by atoms with Crippen LogP contribution < -0.4 is 5.32 Å². The predicted octanol–water partition coefficient (Wildman–Crippen LogP) is 2.09. The van der Waals surface area contributed by atoms with Crippen molar-refractivity contribution in [3.8, 4) is 0 Å². The molecule has 0 fully saturated rings. The maximum Gasteiger partial charge on any atom is 0.328 e. The first-order chi connectivity index (χ1) is 8.65. The summed E-state index contributed by atoms with van der Waals surface area (Å²) < 4.78 is 4.58. The molecule has 0 bridgehead atoms. The number of carbonyl (C=O) groups is 2. The molecular weight excluding hydrogens is 256 g/mol. The Balaban J connectivity index is 2.05. The Hall–Kier alpha value is -2.41. The first kappa shape index (κ1) is 12.1. The summed E-state index contributed by atoms with van der Waals surface area (Å²) in [5.74, 6) is -1.02. The number of nitrogens with one attached hydrogen (secondary N) is 1. The molecule has 0 atom stereocenters. The van der Waals surface area contributed by atoms with Crippen LogP contribution in [0, 0.1) is 0 Å². The zero-order chi connectivity index (χ0) is 13.0. The number of nitrogens with zero attached hydrogens (tertiary/aromatic N) is 1. The highest BCUT2D eigenvalue weighted by Crippen LogP contribution is 2.19. The normalized spacial score (nSPS) is 10.7. The van der Waals surface area contributed by atoms with Gasteiger partial charge in [0, 0.05) is 17.0 Å². The molecule has 0 spiro atoms. The molecule has 0 aliphatic heterocycles. The van der Waals surface area contributed by atoms with Crippen molar-refractivity contribution in [3.05, 3.63) is 40.3 Å². The van der Waals surface area contributed by atoms with Crippen molar-refractivity contribution >= 4 is 35.1 Å². The molecule has 2 rings (SSSR count). The lowest BCUT2D eigenvalue weighted by Gasteiger charge is -1.96. The van der Waals surface area contributed by atoms with Crippen LogP contribution in [0.3, 0.4) is 0 Å². The van der Waals surface area contributed by atoms with E-state index in [4.69, 9.17) is 5.11 Å². The molecule has 2 aromatic heterocycles. The van der Waals surface area contributed by atoms with Gasteiger partial charge in [-0.1, -0.05) is 5.16 Å². The van der Waals surface area contributed by atoms with E-state index < -0.39 is 5.97 Å². The molecule has 2 N–H and O–H groups in total. The highest BCUT2D eigenvalue weighted by molar-refractivity contribution is 7.15. The van der Waals surface area contributed by atoms with Crippen molar-refractivity contribution in [2.24, 2.45) is 0 Å². The second kappa shape index (κ2) is 5.28. The van der Waals surface area contributed by atoms with E-state index in [1.54, 1.807) is 12.1 Å². The smallest absolute Gasteiger partial charge is 0.328 e. The van der Waals surface area contributed by atoms with E-state index in [-0.39, 0.29) is 5.91 Å². The number of anilines is 1. The topological polar surface area (TPSA) is 92.4 Å². The number of carbonyl (C=O) groups excluding carboxylic acids is 1. The summed E-state index contributed by atoms with van der Waals surface area (Å²) in [4.78, 5) is 23.2. The number of hydrogen-bond donors (Lipinski definition) is 2. The van der Waals surface area contributed by atoms with E-state index in [1.165, 1.54) is 29.7 Å². The van der Waals surface area contributed by atoms with Crippen molar-refractivity contribution in [1.82, 2.24) is 5.16 Å². The molecule has 0 aliphatic rings. The summed E-state index contributed by atoms with van der Waals surface area (Å²) in [6, 6.07) is 4.81. The fraction of sp³-hybridized carbons (Fsp3) is 0. The minimum atomic E-state index is -1.03. The number of aliphatic carboxylic acids is 1. The molecule has 0 aliphatic carbocycles. The van der Waals surface area contributed by atoms with Gasteiger partial charge in [-0.3, -0.25) is 4.79 Å². The van der Waals surface area contributed by atoms with Crippen molar-refractivity contribution in [2.75, 3.05) is 5.32 Å². The molecule has 0 radical (unpaired) electrons. The zero-order valence-electron chi connectivity index (χ0n) is 8.99. The Bertz CT molecular complexity index is 586. The second-order valence-corrected chi connectivity index (χ2v) is 4.33. The second-order valence-electron chi connectivity index (χ2n) is 3.21. The Morgan fingerprint density at radius 3 is 2.89 bits per heavy atom. The predicted molar refractivity (Wildman–Crippen MR) is 65.4 cm³/mol. The van der Waals surface area contributed by atoms with E-state index >= 15 is 0 Å². The van der Waals surface area contributed by atoms with Crippen LogP contribution >= 0.6 is 11.3 Å². The van der Waals surface area contributed by atoms with Gasteiger partial charge in [0.15, 0.2) is 5.82 Å². The molecular formula is C11H8N2O4S. The van der Waals surface area contributed by atoms with Gasteiger partial charge in [-0.25, -0.2) is 4.79 Å². The Morgan fingerprint density at radius 2 is 2.22 bits per heavy atom. The first-order valence-corrected chi connectivity index (χ1v) is 5.69. The summed E-state index contributed by atoms with van der Waals surface area (Å²) in [6.45, 7) is 0. The van der Waals surface area contributed by atoms with Gasteiger partial charge in [-0.15, -0.1) is 11.3 Å². The zero-order valence-corrected chi connectivity index (χ0v) is 9.81. The van der Waals surface area contributed by atoms with Gasteiger partial charge in [-0.2, -0.15) is 0 Å². The van der Waals surface area contributed by atoms with Gasteiger partial charge in [0.2, 0.25) is 0 Å². The lowest BCUT2D eigenvalue weighted by atomic mass is 10.4. The number of carboxylic acid groups (broad SMARTS) is 1. The molecule has 1 amide bonds. The molecule has 0 saturated carbocycles. The Kier molecular flexibility index (Phi) is 3.54. The summed E-state index contributed by atoms with van der Waals surface area (Å²) in [5, 5.41) is 14.6. The van der Waals surface area contributed by atoms with Crippen molar-refractivity contribution in [3.63, 3.8) is 0 Å². The molecule has 6 nitrogen and oxygen atoms in total. The number of amides is 1. The summed E-state index contributed by atoms with van der Waals surface area (Å²) >= 11 is 1.18. The van der Waals surface area contributed by atoms with Crippen LogP contribution in [0.15, 0.2) is 35.1 Å². The highest BCUT2D eigenvalue weighted by atomic mass is 32.1. The minimum absolute atomic E-state index is 0.316. The average Bonchev–Trinajstić information content (AvgIpc) is 2.96. The van der Waals surface area contributed by atoms with Crippen LogP contribution in [0.5, 0.6) is 0 Å². The number of aromatic nitrogens is 1. The fourth-order valence-corrected chi connectivity index (χ4v) is 1.98. The first-order valence-electron chi connectivity index (χ1n) is 4.88. The van der Waals surface area contributed by atoms with Crippen LogP contribution in [0.25, 0.3) is 6.08 Å².